The van der Waals surface area contributed by atoms with Crippen LogP contribution in [-0.4, -0.2) is 24.4 Å². The Balaban J connectivity index is 2.60. The number of piperazine rings is 1. The van der Waals surface area contributed by atoms with Gasteiger partial charge in [-0.25, -0.2) is 0 Å². The van der Waals surface area contributed by atoms with Gasteiger partial charge >= 0.3 is 0 Å². The fourth-order valence-electron chi connectivity index (χ4n) is 1.20. The Morgan fingerprint density at radius 3 is 2.83 bits per heavy atom. The van der Waals surface area contributed by atoms with Gasteiger partial charge in [0.2, 0.25) is 11.8 Å². The third kappa shape index (κ3) is 1.75. The van der Waals surface area contributed by atoms with E-state index in [1.54, 1.807) is 0 Å². The summed E-state index contributed by atoms with van der Waals surface area (Å²) in [7, 11) is 0. The molecule has 1 rings (SSSR count). The largest absolute Gasteiger partial charge is 0.345 e. The zero-order chi connectivity index (χ0) is 9.14. The van der Waals surface area contributed by atoms with Crippen molar-refractivity contribution in [1.82, 2.24) is 10.6 Å². The lowest BCUT2D eigenvalue weighted by molar-refractivity contribution is -0.134. The average Bonchev–Trinajstić information content (AvgIpc) is 2.08. The second kappa shape index (κ2) is 3.56. The van der Waals surface area contributed by atoms with Gasteiger partial charge in [0.15, 0.2) is 0 Å². The van der Waals surface area contributed by atoms with Crippen molar-refractivity contribution in [3.63, 3.8) is 0 Å². The normalized spacial score (nSPS) is 26.0. The van der Waals surface area contributed by atoms with Crippen LogP contribution in [0.4, 0.5) is 0 Å². The van der Waals surface area contributed by atoms with Gasteiger partial charge < -0.3 is 10.6 Å². The molecule has 0 unspecified atom stereocenters. The third-order valence-electron chi connectivity index (χ3n) is 2.24. The Bertz CT molecular complexity index is 203. The van der Waals surface area contributed by atoms with Gasteiger partial charge in [0, 0.05) is 0 Å². The quantitative estimate of drug-likeness (QED) is 0.595. The van der Waals surface area contributed by atoms with Crippen molar-refractivity contribution in [2.75, 3.05) is 6.54 Å². The minimum atomic E-state index is -0.337. The molecular formula is C8H14N2O2. The molecule has 1 fully saturated rings. The van der Waals surface area contributed by atoms with Crippen LogP contribution in [-0.2, 0) is 9.59 Å². The van der Waals surface area contributed by atoms with E-state index in [0.717, 1.165) is 6.42 Å². The number of carbonyl (C=O) groups is 2. The van der Waals surface area contributed by atoms with Crippen LogP contribution in [0.3, 0.4) is 0 Å². The first-order chi connectivity index (χ1) is 5.65. The molecule has 68 valence electrons. The molecule has 1 aliphatic heterocycles. The Hall–Kier alpha value is -1.06. The highest BCUT2D eigenvalue weighted by Gasteiger charge is 2.29. The molecule has 2 N–H and O–H groups in total. The van der Waals surface area contributed by atoms with Gasteiger partial charge in [-0.3, -0.25) is 9.59 Å². The Kier molecular flexibility index (Phi) is 2.68. The Labute approximate surface area is 71.7 Å². The molecule has 2 amide bonds. The molecule has 0 aromatic carbocycles. The van der Waals surface area contributed by atoms with Crippen LogP contribution < -0.4 is 10.6 Å². The van der Waals surface area contributed by atoms with Crippen LogP contribution >= 0.6 is 0 Å². The Morgan fingerprint density at radius 1 is 1.58 bits per heavy atom. The van der Waals surface area contributed by atoms with E-state index in [2.05, 4.69) is 10.6 Å². The van der Waals surface area contributed by atoms with Crippen LogP contribution in [0.1, 0.15) is 20.3 Å². The summed E-state index contributed by atoms with van der Waals surface area (Å²) in [5, 5.41) is 5.21. The lowest BCUT2D eigenvalue weighted by Gasteiger charge is -2.27. The van der Waals surface area contributed by atoms with Crippen LogP contribution in [0.2, 0.25) is 0 Å². The van der Waals surface area contributed by atoms with Crippen LogP contribution in [0.5, 0.6) is 0 Å². The van der Waals surface area contributed by atoms with Gasteiger partial charge in [-0.2, -0.15) is 0 Å². The van der Waals surface area contributed by atoms with Gasteiger partial charge in [-0.1, -0.05) is 20.3 Å². The maximum atomic E-state index is 11.2. The third-order valence-corrected chi connectivity index (χ3v) is 2.24. The standard InChI is InChI=1S/C8H14N2O2/c1-3-5(2)7-8(12)9-4-6(11)10-7/h5,7H,3-4H2,1-2H3,(H,9,12)(H,10,11)/t5-,7-/m1/s1. The monoisotopic (exact) mass is 170 g/mol. The maximum absolute atomic E-state index is 11.2. The summed E-state index contributed by atoms with van der Waals surface area (Å²) >= 11 is 0. The molecule has 0 aromatic rings. The highest BCUT2D eigenvalue weighted by molar-refractivity contribution is 5.94. The van der Waals surface area contributed by atoms with Crippen molar-refractivity contribution in [3.05, 3.63) is 0 Å². The molecule has 4 heteroatoms. The van der Waals surface area contributed by atoms with E-state index >= 15 is 0 Å². The molecule has 2 atom stereocenters. The van der Waals surface area contributed by atoms with Crippen molar-refractivity contribution in [2.24, 2.45) is 5.92 Å². The number of nitrogens with one attached hydrogen (secondary N) is 2. The minimum absolute atomic E-state index is 0.0658. The van der Waals surface area contributed by atoms with Crippen molar-refractivity contribution in [1.29, 1.82) is 0 Å². The lowest BCUT2D eigenvalue weighted by atomic mass is 9.97. The maximum Gasteiger partial charge on any atom is 0.243 e. The molecule has 4 nitrogen and oxygen atoms in total. The molecule has 1 heterocycles. The van der Waals surface area contributed by atoms with Crippen LogP contribution in [0, 0.1) is 5.92 Å². The fourth-order valence-corrected chi connectivity index (χ4v) is 1.20. The fraction of sp³-hybridized carbons (Fsp3) is 0.750. The first kappa shape index (κ1) is 9.03. The van der Waals surface area contributed by atoms with Crippen molar-refractivity contribution >= 4 is 11.8 Å². The van der Waals surface area contributed by atoms with E-state index in [-0.39, 0.29) is 30.3 Å². The summed E-state index contributed by atoms with van der Waals surface area (Å²) in [6.07, 6.45) is 0.887. The molecular weight excluding hydrogens is 156 g/mol. The van der Waals surface area contributed by atoms with Crippen molar-refractivity contribution < 1.29 is 9.59 Å². The zero-order valence-electron chi connectivity index (χ0n) is 7.39. The Morgan fingerprint density at radius 2 is 2.25 bits per heavy atom. The van der Waals surface area contributed by atoms with Gasteiger partial charge in [-0.05, 0) is 5.92 Å². The van der Waals surface area contributed by atoms with Gasteiger partial charge in [0.1, 0.15) is 6.04 Å². The molecule has 1 aliphatic rings. The summed E-state index contributed by atoms with van der Waals surface area (Å²) in [5.74, 6) is 0.0399. The number of hydrogen-bond donors (Lipinski definition) is 2. The smallest absolute Gasteiger partial charge is 0.243 e. The van der Waals surface area contributed by atoms with E-state index in [0.29, 0.717) is 0 Å². The second-order valence-electron chi connectivity index (χ2n) is 3.15. The minimum Gasteiger partial charge on any atom is -0.345 e. The van der Waals surface area contributed by atoms with Gasteiger partial charge in [-0.15, -0.1) is 0 Å². The SMILES string of the molecule is CC[C@@H](C)[C@H]1NC(=O)CNC1=O. The average molecular weight is 170 g/mol. The van der Waals surface area contributed by atoms with Gasteiger partial charge in [0.25, 0.3) is 0 Å². The van der Waals surface area contributed by atoms with Crippen LogP contribution in [0.25, 0.3) is 0 Å². The molecule has 0 aromatic heterocycles. The zero-order valence-corrected chi connectivity index (χ0v) is 7.39. The first-order valence-corrected chi connectivity index (χ1v) is 4.22. The molecule has 0 bridgehead atoms. The van der Waals surface area contributed by atoms with E-state index < -0.39 is 0 Å². The van der Waals surface area contributed by atoms with Crippen molar-refractivity contribution in [2.45, 2.75) is 26.3 Å². The lowest BCUT2D eigenvalue weighted by Crippen LogP contribution is -2.58. The second-order valence-corrected chi connectivity index (χ2v) is 3.15. The summed E-state index contributed by atoms with van der Waals surface area (Å²) in [5.41, 5.74) is 0. The number of hydrogen-bond acceptors (Lipinski definition) is 2. The van der Waals surface area contributed by atoms with E-state index in [1.165, 1.54) is 0 Å². The van der Waals surface area contributed by atoms with E-state index in [1.807, 2.05) is 13.8 Å². The molecule has 0 radical (unpaired) electrons. The summed E-state index contributed by atoms with van der Waals surface area (Å²) < 4.78 is 0. The number of carbonyl (C=O) groups excluding carboxylic acids is 2. The molecule has 0 aliphatic carbocycles. The molecule has 12 heavy (non-hydrogen) atoms. The highest BCUT2D eigenvalue weighted by atomic mass is 16.2. The molecule has 1 saturated heterocycles. The number of rotatable bonds is 2. The van der Waals surface area contributed by atoms with E-state index in [4.69, 9.17) is 0 Å². The summed E-state index contributed by atoms with van der Waals surface area (Å²) in [6.45, 7) is 4.07. The molecule has 0 spiro atoms. The van der Waals surface area contributed by atoms with Gasteiger partial charge in [0.05, 0.1) is 6.54 Å². The first-order valence-electron chi connectivity index (χ1n) is 4.22. The predicted octanol–water partition coefficient (Wildman–Crippen LogP) is -0.353. The van der Waals surface area contributed by atoms with Crippen LogP contribution in [0.15, 0.2) is 0 Å². The topological polar surface area (TPSA) is 58.2 Å². The predicted molar refractivity (Wildman–Crippen MR) is 44.4 cm³/mol. The summed E-state index contributed by atoms with van der Waals surface area (Å²) in [4.78, 5) is 22.1. The highest BCUT2D eigenvalue weighted by Crippen LogP contribution is 2.09. The van der Waals surface area contributed by atoms with E-state index in [9.17, 15) is 9.59 Å². The molecule has 0 saturated carbocycles. The number of amides is 2. The summed E-state index contributed by atoms with van der Waals surface area (Å²) in [6, 6.07) is -0.337. The van der Waals surface area contributed by atoms with Crippen molar-refractivity contribution in [3.8, 4) is 0 Å².